The average Bonchev–Trinajstić information content (AvgIpc) is 2.66. The SMILES string of the molecule is COc1ccc(C(=O)NNS(=O)(=O)c2ccc3ccccc3c2)cc1. The first-order valence-corrected chi connectivity index (χ1v) is 8.93. The number of fused-ring (bicyclic) bond motifs is 1. The summed E-state index contributed by atoms with van der Waals surface area (Å²) in [6.07, 6.45) is 0. The summed E-state index contributed by atoms with van der Waals surface area (Å²) in [4.78, 5) is 14.2. The summed E-state index contributed by atoms with van der Waals surface area (Å²) in [5, 5.41) is 1.73. The molecule has 128 valence electrons. The Labute approximate surface area is 145 Å². The fraction of sp³-hybridized carbons (Fsp3) is 0.0556. The fourth-order valence-electron chi connectivity index (χ4n) is 2.32. The molecule has 0 atom stereocenters. The summed E-state index contributed by atoms with van der Waals surface area (Å²) >= 11 is 0. The van der Waals surface area contributed by atoms with Gasteiger partial charge in [-0.25, -0.2) is 8.42 Å². The van der Waals surface area contributed by atoms with Crippen molar-refractivity contribution in [2.75, 3.05) is 7.11 Å². The Bertz CT molecular complexity index is 1010. The van der Waals surface area contributed by atoms with Crippen LogP contribution in [0.1, 0.15) is 10.4 Å². The molecule has 6 nitrogen and oxygen atoms in total. The molecular weight excluding hydrogens is 340 g/mol. The van der Waals surface area contributed by atoms with Gasteiger partial charge >= 0.3 is 0 Å². The van der Waals surface area contributed by atoms with Crippen LogP contribution in [0.2, 0.25) is 0 Å². The number of benzene rings is 3. The second-order valence-corrected chi connectivity index (χ2v) is 6.98. The summed E-state index contributed by atoms with van der Waals surface area (Å²) in [5.41, 5.74) is 2.51. The third kappa shape index (κ3) is 3.78. The van der Waals surface area contributed by atoms with Crippen molar-refractivity contribution in [3.63, 3.8) is 0 Å². The van der Waals surface area contributed by atoms with Crippen LogP contribution in [0.5, 0.6) is 5.75 Å². The van der Waals surface area contributed by atoms with Gasteiger partial charge in [0, 0.05) is 5.56 Å². The summed E-state index contributed by atoms with van der Waals surface area (Å²) in [6.45, 7) is 0. The molecule has 0 fully saturated rings. The molecule has 0 bridgehead atoms. The Balaban J connectivity index is 1.74. The number of nitrogens with one attached hydrogen (secondary N) is 2. The van der Waals surface area contributed by atoms with Crippen LogP contribution in [0.15, 0.2) is 71.6 Å². The van der Waals surface area contributed by atoms with Gasteiger partial charge in [0.15, 0.2) is 0 Å². The maximum atomic E-state index is 12.4. The van der Waals surface area contributed by atoms with Crippen molar-refractivity contribution in [2.24, 2.45) is 0 Å². The van der Waals surface area contributed by atoms with E-state index in [0.29, 0.717) is 11.3 Å². The third-order valence-electron chi connectivity index (χ3n) is 3.68. The van der Waals surface area contributed by atoms with Crippen LogP contribution in [-0.4, -0.2) is 21.4 Å². The molecule has 1 amide bonds. The van der Waals surface area contributed by atoms with Crippen LogP contribution < -0.4 is 15.0 Å². The van der Waals surface area contributed by atoms with E-state index in [0.717, 1.165) is 10.8 Å². The molecule has 0 spiro atoms. The predicted octanol–water partition coefficient (Wildman–Crippen LogP) is 2.47. The average molecular weight is 356 g/mol. The van der Waals surface area contributed by atoms with Gasteiger partial charge in [-0.15, -0.1) is 4.83 Å². The van der Waals surface area contributed by atoms with Crippen molar-refractivity contribution in [3.05, 3.63) is 72.3 Å². The number of hydrogen-bond acceptors (Lipinski definition) is 4. The summed E-state index contributed by atoms with van der Waals surface area (Å²) in [6, 6.07) is 18.5. The molecule has 0 aliphatic rings. The van der Waals surface area contributed by atoms with Gasteiger partial charge in [0.25, 0.3) is 15.9 Å². The van der Waals surface area contributed by atoms with E-state index in [9.17, 15) is 13.2 Å². The van der Waals surface area contributed by atoms with Crippen molar-refractivity contribution in [1.29, 1.82) is 0 Å². The van der Waals surface area contributed by atoms with Crippen LogP contribution in [0.4, 0.5) is 0 Å². The third-order valence-corrected chi connectivity index (χ3v) is 4.93. The van der Waals surface area contributed by atoms with Crippen LogP contribution in [-0.2, 0) is 10.0 Å². The van der Waals surface area contributed by atoms with Crippen LogP contribution in [0.3, 0.4) is 0 Å². The van der Waals surface area contributed by atoms with E-state index in [2.05, 4.69) is 10.3 Å². The van der Waals surface area contributed by atoms with Gasteiger partial charge in [-0.1, -0.05) is 30.3 Å². The molecule has 0 radical (unpaired) electrons. The number of amides is 1. The van der Waals surface area contributed by atoms with Crippen molar-refractivity contribution in [1.82, 2.24) is 10.3 Å². The van der Waals surface area contributed by atoms with E-state index in [4.69, 9.17) is 4.74 Å². The molecular formula is C18H16N2O4S. The van der Waals surface area contributed by atoms with Gasteiger partial charge in [0.1, 0.15) is 5.75 Å². The van der Waals surface area contributed by atoms with E-state index in [1.54, 1.807) is 36.4 Å². The molecule has 7 heteroatoms. The maximum absolute atomic E-state index is 12.4. The lowest BCUT2D eigenvalue weighted by molar-refractivity contribution is 0.0945. The molecule has 2 N–H and O–H groups in total. The van der Waals surface area contributed by atoms with E-state index < -0.39 is 15.9 Å². The van der Waals surface area contributed by atoms with Gasteiger partial charge in [-0.05, 0) is 47.2 Å². The van der Waals surface area contributed by atoms with E-state index >= 15 is 0 Å². The Morgan fingerprint density at radius 1 is 0.920 bits per heavy atom. The van der Waals surface area contributed by atoms with Gasteiger partial charge in [-0.3, -0.25) is 10.2 Å². The van der Waals surface area contributed by atoms with Gasteiger partial charge in [0.2, 0.25) is 0 Å². The monoisotopic (exact) mass is 356 g/mol. The normalized spacial score (nSPS) is 11.2. The Kier molecular flexibility index (Phi) is 4.69. The molecule has 0 heterocycles. The number of methoxy groups -OCH3 is 1. The van der Waals surface area contributed by atoms with Crippen LogP contribution >= 0.6 is 0 Å². The quantitative estimate of drug-likeness (QED) is 0.688. The Hall–Kier alpha value is -2.90. The molecule has 0 unspecified atom stereocenters. The minimum absolute atomic E-state index is 0.0706. The lowest BCUT2D eigenvalue weighted by Crippen LogP contribution is -2.41. The largest absolute Gasteiger partial charge is 0.497 e. The van der Waals surface area contributed by atoms with Gasteiger partial charge in [0.05, 0.1) is 12.0 Å². The first kappa shape index (κ1) is 16.9. The molecule has 3 aromatic rings. The standard InChI is InChI=1S/C18H16N2O4S/c1-24-16-9-6-14(7-10-16)18(21)19-20-25(22,23)17-11-8-13-4-2-3-5-15(13)12-17/h2-12,20H,1H3,(H,19,21). The summed E-state index contributed by atoms with van der Waals surface area (Å²) < 4.78 is 29.7. The minimum atomic E-state index is -3.87. The van der Waals surface area contributed by atoms with Gasteiger partial charge < -0.3 is 4.74 Å². The number of carbonyl (C=O) groups is 1. The number of carbonyl (C=O) groups excluding carboxylic acids is 1. The topological polar surface area (TPSA) is 84.5 Å². The number of ether oxygens (including phenoxy) is 1. The first-order chi connectivity index (χ1) is 12.0. The number of rotatable bonds is 5. The smallest absolute Gasteiger partial charge is 0.266 e. The van der Waals surface area contributed by atoms with Crippen LogP contribution in [0, 0.1) is 0 Å². The Morgan fingerprint density at radius 3 is 2.28 bits per heavy atom. The summed E-state index contributed by atoms with van der Waals surface area (Å²) in [7, 11) is -2.35. The van der Waals surface area contributed by atoms with Crippen molar-refractivity contribution >= 4 is 26.7 Å². The molecule has 3 aromatic carbocycles. The second kappa shape index (κ2) is 6.92. The van der Waals surface area contributed by atoms with Gasteiger partial charge in [-0.2, -0.15) is 0 Å². The number of hydrogen-bond donors (Lipinski definition) is 2. The van der Waals surface area contributed by atoms with E-state index in [-0.39, 0.29) is 4.90 Å². The molecule has 25 heavy (non-hydrogen) atoms. The zero-order valence-electron chi connectivity index (χ0n) is 13.4. The number of sulfonamides is 1. The van der Waals surface area contributed by atoms with Crippen LogP contribution in [0.25, 0.3) is 10.8 Å². The lowest BCUT2D eigenvalue weighted by atomic mass is 10.1. The first-order valence-electron chi connectivity index (χ1n) is 7.44. The molecule has 3 rings (SSSR count). The minimum Gasteiger partial charge on any atom is -0.497 e. The molecule has 0 saturated carbocycles. The zero-order valence-corrected chi connectivity index (χ0v) is 14.2. The Morgan fingerprint density at radius 2 is 1.60 bits per heavy atom. The molecule has 0 aliphatic heterocycles. The van der Waals surface area contributed by atoms with E-state index in [1.165, 1.54) is 13.2 Å². The fourth-order valence-corrected chi connectivity index (χ4v) is 3.20. The second-order valence-electron chi connectivity index (χ2n) is 5.30. The lowest BCUT2D eigenvalue weighted by Gasteiger charge is -2.09. The molecule has 0 saturated heterocycles. The summed E-state index contributed by atoms with van der Waals surface area (Å²) in [5.74, 6) is 0.0420. The number of hydrazine groups is 1. The highest BCUT2D eigenvalue weighted by atomic mass is 32.2. The van der Waals surface area contributed by atoms with E-state index in [1.807, 2.05) is 24.3 Å². The predicted molar refractivity (Wildman–Crippen MR) is 94.7 cm³/mol. The zero-order chi connectivity index (χ0) is 17.9. The highest BCUT2D eigenvalue weighted by Gasteiger charge is 2.16. The molecule has 0 aliphatic carbocycles. The van der Waals surface area contributed by atoms with Crippen molar-refractivity contribution in [2.45, 2.75) is 4.90 Å². The van der Waals surface area contributed by atoms with Crippen molar-refractivity contribution in [3.8, 4) is 5.75 Å². The highest BCUT2D eigenvalue weighted by molar-refractivity contribution is 7.89. The highest BCUT2D eigenvalue weighted by Crippen LogP contribution is 2.18. The molecule has 0 aromatic heterocycles. The maximum Gasteiger partial charge on any atom is 0.266 e. The van der Waals surface area contributed by atoms with Crippen molar-refractivity contribution < 1.29 is 17.9 Å².